The second-order valence-corrected chi connectivity index (χ2v) is 10.1. The molecule has 0 aromatic carbocycles. The fraction of sp³-hybridized carbons (Fsp3) is 0.458. The molecule has 0 atom stereocenters. The van der Waals surface area contributed by atoms with Gasteiger partial charge in [0.05, 0.1) is 30.0 Å². The van der Waals surface area contributed by atoms with Gasteiger partial charge in [-0.2, -0.15) is 9.61 Å². The van der Waals surface area contributed by atoms with E-state index in [-0.39, 0.29) is 47.6 Å². The zero-order valence-corrected chi connectivity index (χ0v) is 20.2. The molecule has 0 spiro atoms. The topological polar surface area (TPSA) is 105 Å². The second kappa shape index (κ2) is 8.26. The Kier molecular flexibility index (Phi) is 5.47. The molecular formula is C24H28FN7O3. The number of aryl methyl sites for hydroxylation is 1. The monoisotopic (exact) mass is 481 g/mol. The van der Waals surface area contributed by atoms with Crippen LogP contribution >= 0.6 is 0 Å². The summed E-state index contributed by atoms with van der Waals surface area (Å²) in [5, 5.41) is 7.03. The van der Waals surface area contributed by atoms with Gasteiger partial charge in [-0.05, 0) is 39.3 Å². The molecule has 35 heavy (non-hydrogen) atoms. The van der Waals surface area contributed by atoms with E-state index >= 15 is 0 Å². The number of nitrogens with one attached hydrogen (secondary N) is 1. The third-order valence-electron chi connectivity index (χ3n) is 6.73. The fourth-order valence-corrected chi connectivity index (χ4v) is 4.64. The van der Waals surface area contributed by atoms with Crippen LogP contribution in [0.15, 0.2) is 29.2 Å². The summed E-state index contributed by atoms with van der Waals surface area (Å²) in [6.07, 6.45) is 1.61. The van der Waals surface area contributed by atoms with Crippen molar-refractivity contribution in [2.75, 3.05) is 18.4 Å². The lowest BCUT2D eigenvalue weighted by Gasteiger charge is -2.50. The number of anilines is 1. The SMILES string of the molecule is CCc1cc2n(CC(=O)Nc3ccc(F)cn3)c3c(c(=O)n2n1)CN(C1CN(C(C)(C)C)C1)C3=O. The van der Waals surface area contributed by atoms with Crippen molar-refractivity contribution in [3.8, 4) is 0 Å². The number of likely N-dealkylation sites (tertiary alicyclic amines) is 1. The van der Waals surface area contributed by atoms with Gasteiger partial charge in [-0.3, -0.25) is 19.3 Å². The van der Waals surface area contributed by atoms with Gasteiger partial charge in [0.2, 0.25) is 5.91 Å². The number of fused-ring (bicyclic) bond motifs is 2. The number of carbonyl (C=O) groups is 2. The lowest BCUT2D eigenvalue weighted by molar-refractivity contribution is -0.116. The summed E-state index contributed by atoms with van der Waals surface area (Å²) >= 11 is 0. The van der Waals surface area contributed by atoms with Gasteiger partial charge in [-0.15, -0.1) is 0 Å². The van der Waals surface area contributed by atoms with Gasteiger partial charge in [0.25, 0.3) is 11.5 Å². The molecule has 1 N–H and O–H groups in total. The largest absolute Gasteiger partial charge is 0.327 e. The van der Waals surface area contributed by atoms with Crippen molar-refractivity contribution in [2.45, 2.75) is 58.8 Å². The Labute approximate surface area is 201 Å². The molecular weight excluding hydrogens is 453 g/mol. The zero-order valence-electron chi connectivity index (χ0n) is 20.2. The molecule has 0 bridgehead atoms. The molecule has 5 heterocycles. The summed E-state index contributed by atoms with van der Waals surface area (Å²) < 4.78 is 16.0. The predicted molar refractivity (Wildman–Crippen MR) is 127 cm³/mol. The van der Waals surface area contributed by atoms with E-state index in [2.05, 4.69) is 41.1 Å². The number of carbonyl (C=O) groups excluding carboxylic acids is 2. The number of hydrogen-bond donors (Lipinski definition) is 1. The van der Waals surface area contributed by atoms with E-state index in [1.54, 1.807) is 15.5 Å². The van der Waals surface area contributed by atoms with Crippen LogP contribution in [-0.4, -0.2) is 65.4 Å². The van der Waals surface area contributed by atoms with Gasteiger partial charge in [0.15, 0.2) is 0 Å². The van der Waals surface area contributed by atoms with Crippen LogP contribution in [0.2, 0.25) is 0 Å². The normalized spacial score (nSPS) is 16.6. The average Bonchev–Trinajstić information content (AvgIpc) is 3.33. The summed E-state index contributed by atoms with van der Waals surface area (Å²) in [7, 11) is 0. The first-order chi connectivity index (χ1) is 16.6. The van der Waals surface area contributed by atoms with Crippen LogP contribution in [0.5, 0.6) is 0 Å². The Morgan fingerprint density at radius 3 is 2.60 bits per heavy atom. The number of halogens is 1. The summed E-state index contributed by atoms with van der Waals surface area (Å²) in [6, 6.07) is 4.28. The van der Waals surface area contributed by atoms with Gasteiger partial charge < -0.3 is 14.8 Å². The number of pyridine rings is 1. The summed E-state index contributed by atoms with van der Waals surface area (Å²) in [4.78, 5) is 47.7. The summed E-state index contributed by atoms with van der Waals surface area (Å²) in [6.45, 7) is 9.72. The highest BCUT2D eigenvalue weighted by atomic mass is 19.1. The van der Waals surface area contributed by atoms with Crippen LogP contribution < -0.4 is 10.9 Å². The molecule has 0 radical (unpaired) electrons. The third kappa shape index (κ3) is 3.99. The third-order valence-corrected chi connectivity index (χ3v) is 6.73. The first-order valence-corrected chi connectivity index (χ1v) is 11.7. The molecule has 2 amide bonds. The first-order valence-electron chi connectivity index (χ1n) is 11.7. The minimum absolute atomic E-state index is 0.000537. The molecule has 1 fully saturated rings. The molecule has 2 aliphatic heterocycles. The van der Waals surface area contributed by atoms with Crippen molar-refractivity contribution in [3.63, 3.8) is 0 Å². The van der Waals surface area contributed by atoms with Crippen LogP contribution in [0.25, 0.3) is 5.65 Å². The van der Waals surface area contributed by atoms with E-state index in [4.69, 9.17) is 0 Å². The Morgan fingerprint density at radius 2 is 1.97 bits per heavy atom. The molecule has 0 unspecified atom stereocenters. The lowest BCUT2D eigenvalue weighted by atomic mass is 9.97. The quantitative estimate of drug-likeness (QED) is 0.595. The summed E-state index contributed by atoms with van der Waals surface area (Å²) in [5.41, 5.74) is 1.29. The molecule has 0 aliphatic carbocycles. The molecule has 10 nitrogen and oxygen atoms in total. The van der Waals surface area contributed by atoms with Gasteiger partial charge in [-0.25, -0.2) is 9.37 Å². The Morgan fingerprint density at radius 1 is 1.23 bits per heavy atom. The Balaban J connectivity index is 1.50. The van der Waals surface area contributed by atoms with Crippen molar-refractivity contribution in [2.24, 2.45) is 0 Å². The molecule has 1 saturated heterocycles. The minimum Gasteiger partial charge on any atom is -0.327 e. The standard InChI is InChI=1S/C24H28FN7O3/c1-5-15-8-20-31(13-19(33)27-18-7-6-14(25)9-26-18)21-17(22(34)32(20)28-15)12-30(23(21)35)16-10-29(11-16)24(2,3)4/h6-9,16H,5,10-13H2,1-4H3,(H,26,27,33). The van der Waals surface area contributed by atoms with Crippen LogP contribution in [0.3, 0.4) is 0 Å². The number of hydrogen-bond acceptors (Lipinski definition) is 6. The van der Waals surface area contributed by atoms with Crippen molar-refractivity contribution in [1.82, 2.24) is 29.0 Å². The van der Waals surface area contributed by atoms with Crippen molar-refractivity contribution in [3.05, 3.63) is 57.5 Å². The molecule has 5 rings (SSSR count). The molecule has 11 heteroatoms. The van der Waals surface area contributed by atoms with E-state index in [0.29, 0.717) is 23.3 Å². The van der Waals surface area contributed by atoms with Crippen LogP contribution in [0, 0.1) is 5.82 Å². The van der Waals surface area contributed by atoms with Gasteiger partial charge in [-0.1, -0.05) is 6.92 Å². The number of amides is 2. The van der Waals surface area contributed by atoms with Gasteiger partial charge >= 0.3 is 0 Å². The molecule has 3 aromatic rings. The van der Waals surface area contributed by atoms with Crippen molar-refractivity contribution >= 4 is 23.3 Å². The highest BCUT2D eigenvalue weighted by Gasteiger charge is 2.44. The number of nitrogens with zero attached hydrogens (tertiary/aromatic N) is 6. The molecule has 0 saturated carbocycles. The van der Waals surface area contributed by atoms with Crippen LogP contribution in [0.1, 0.15) is 49.4 Å². The lowest BCUT2D eigenvalue weighted by Crippen LogP contribution is -2.64. The van der Waals surface area contributed by atoms with Gasteiger partial charge in [0.1, 0.15) is 29.5 Å². The van der Waals surface area contributed by atoms with E-state index in [1.165, 1.54) is 16.6 Å². The van der Waals surface area contributed by atoms with Crippen molar-refractivity contribution in [1.29, 1.82) is 0 Å². The maximum Gasteiger partial charge on any atom is 0.280 e. The average molecular weight is 482 g/mol. The van der Waals surface area contributed by atoms with E-state index < -0.39 is 11.7 Å². The fourth-order valence-electron chi connectivity index (χ4n) is 4.64. The maximum absolute atomic E-state index is 13.6. The highest BCUT2D eigenvalue weighted by molar-refractivity contribution is 5.98. The van der Waals surface area contributed by atoms with E-state index in [0.717, 1.165) is 19.3 Å². The van der Waals surface area contributed by atoms with Gasteiger partial charge in [0, 0.05) is 24.7 Å². The van der Waals surface area contributed by atoms with Crippen molar-refractivity contribution < 1.29 is 14.0 Å². The first kappa shape index (κ1) is 23.2. The van der Waals surface area contributed by atoms with Crippen LogP contribution in [-0.2, 0) is 24.3 Å². The summed E-state index contributed by atoms with van der Waals surface area (Å²) in [5.74, 6) is -1.03. The number of aromatic nitrogens is 4. The molecule has 3 aromatic heterocycles. The molecule has 184 valence electrons. The molecule has 2 aliphatic rings. The maximum atomic E-state index is 13.6. The Bertz CT molecular complexity index is 1380. The predicted octanol–water partition coefficient (Wildman–Crippen LogP) is 1.67. The highest BCUT2D eigenvalue weighted by Crippen LogP contribution is 2.30. The smallest absolute Gasteiger partial charge is 0.280 e. The second-order valence-electron chi connectivity index (χ2n) is 10.1. The number of rotatable bonds is 5. The minimum atomic E-state index is -0.513. The van der Waals surface area contributed by atoms with E-state index in [9.17, 15) is 18.8 Å². The van der Waals surface area contributed by atoms with Crippen LogP contribution in [0.4, 0.5) is 10.2 Å². The zero-order chi connectivity index (χ0) is 25.1. The van der Waals surface area contributed by atoms with E-state index in [1.807, 2.05) is 6.92 Å². The Hall–Kier alpha value is -3.60.